The van der Waals surface area contributed by atoms with E-state index in [0.717, 1.165) is 53.7 Å². The first-order valence-corrected chi connectivity index (χ1v) is 13.0. The largest absolute Gasteiger partial charge is 0.252 e. The lowest BCUT2D eigenvalue weighted by Gasteiger charge is -2.20. The third-order valence-electron chi connectivity index (χ3n) is 7.17. The van der Waals surface area contributed by atoms with Gasteiger partial charge < -0.3 is 0 Å². The molecule has 1 saturated carbocycles. The van der Waals surface area contributed by atoms with E-state index in [1.807, 2.05) is 12.1 Å². The highest BCUT2D eigenvalue weighted by atomic mass is 15.5. The molecule has 5 rings (SSSR count). The minimum absolute atomic E-state index is 0.119. The fraction of sp³-hybridized carbons (Fsp3) is 0.481. The van der Waals surface area contributed by atoms with Crippen LogP contribution in [0.25, 0.3) is 22.6 Å². The minimum Gasteiger partial charge on any atom is -0.252 e. The van der Waals surface area contributed by atoms with Gasteiger partial charge in [-0.3, -0.25) is 4.98 Å². The maximum Gasteiger partial charge on any atom is 0.198 e. The molecule has 3 heterocycles. The number of nitrogens with one attached hydrogen (secondary N) is 1. The van der Waals surface area contributed by atoms with E-state index in [1.54, 1.807) is 6.20 Å². The number of benzene rings is 1. The van der Waals surface area contributed by atoms with Crippen molar-refractivity contribution in [3.05, 3.63) is 59.8 Å². The van der Waals surface area contributed by atoms with Gasteiger partial charge in [-0.25, -0.2) is 14.8 Å². The van der Waals surface area contributed by atoms with Crippen LogP contribution in [0.3, 0.4) is 0 Å². The predicted molar refractivity (Wildman–Crippen MR) is 136 cm³/mol. The number of pyridine rings is 1. The SMILES string of the molecule is CCCc1nc(CCC2CCCCC2)nn1C(C)c1ccc(-c2cccnc2-c2nnn[nH]2)cc1. The average Bonchev–Trinajstić information content (AvgIpc) is 3.59. The lowest BCUT2D eigenvalue weighted by molar-refractivity contribution is 0.337. The Kier molecular flexibility index (Phi) is 7.25. The number of hydrogen-bond acceptors (Lipinski definition) is 6. The van der Waals surface area contributed by atoms with Gasteiger partial charge >= 0.3 is 0 Å². The van der Waals surface area contributed by atoms with E-state index < -0.39 is 0 Å². The monoisotopic (exact) mass is 470 g/mol. The third-order valence-corrected chi connectivity index (χ3v) is 7.17. The van der Waals surface area contributed by atoms with Crippen LogP contribution in [-0.4, -0.2) is 40.4 Å². The molecular formula is C27H34N8. The Morgan fingerprint density at radius 2 is 1.89 bits per heavy atom. The molecule has 0 amide bonds. The van der Waals surface area contributed by atoms with E-state index in [2.05, 4.69) is 68.4 Å². The molecule has 1 aromatic carbocycles. The Labute approximate surface area is 206 Å². The molecule has 1 unspecified atom stereocenters. The lowest BCUT2D eigenvalue weighted by Crippen LogP contribution is -2.13. The summed E-state index contributed by atoms with van der Waals surface area (Å²) in [6.45, 7) is 4.42. The summed E-state index contributed by atoms with van der Waals surface area (Å²) in [4.78, 5) is 9.45. The first-order chi connectivity index (χ1) is 17.2. The first-order valence-electron chi connectivity index (χ1n) is 13.0. The van der Waals surface area contributed by atoms with E-state index in [-0.39, 0.29) is 6.04 Å². The molecule has 8 heteroatoms. The zero-order valence-electron chi connectivity index (χ0n) is 20.7. The second-order valence-electron chi connectivity index (χ2n) is 9.63. The number of H-pyrrole nitrogens is 1. The van der Waals surface area contributed by atoms with Gasteiger partial charge in [0.2, 0.25) is 0 Å². The van der Waals surface area contributed by atoms with Crippen molar-refractivity contribution in [2.45, 2.75) is 77.7 Å². The highest BCUT2D eigenvalue weighted by Gasteiger charge is 2.19. The second-order valence-corrected chi connectivity index (χ2v) is 9.63. The molecule has 1 aliphatic carbocycles. The van der Waals surface area contributed by atoms with E-state index in [4.69, 9.17) is 10.1 Å². The number of aryl methyl sites for hydroxylation is 2. The van der Waals surface area contributed by atoms with Crippen LogP contribution in [0, 0.1) is 5.92 Å². The molecule has 35 heavy (non-hydrogen) atoms. The van der Waals surface area contributed by atoms with Gasteiger partial charge in [0.15, 0.2) is 11.6 Å². The predicted octanol–water partition coefficient (Wildman–Crippen LogP) is 5.59. The molecular weight excluding hydrogens is 436 g/mol. The Balaban J connectivity index is 1.35. The van der Waals surface area contributed by atoms with Crippen LogP contribution < -0.4 is 0 Å². The molecule has 0 spiro atoms. The molecule has 1 aliphatic rings. The van der Waals surface area contributed by atoms with E-state index in [1.165, 1.54) is 44.1 Å². The number of aromatic nitrogens is 8. The van der Waals surface area contributed by atoms with Crippen LogP contribution in [0.5, 0.6) is 0 Å². The molecule has 8 nitrogen and oxygen atoms in total. The summed E-state index contributed by atoms with van der Waals surface area (Å²) in [5.41, 5.74) is 4.01. The maximum atomic E-state index is 4.99. The van der Waals surface area contributed by atoms with Crippen molar-refractivity contribution in [3.8, 4) is 22.6 Å². The zero-order chi connectivity index (χ0) is 24.0. The number of hydrogen-bond donors (Lipinski definition) is 1. The van der Waals surface area contributed by atoms with Gasteiger partial charge in [-0.05, 0) is 53.3 Å². The van der Waals surface area contributed by atoms with Crippen LogP contribution in [0.1, 0.15) is 82.0 Å². The maximum absolute atomic E-state index is 4.99. The van der Waals surface area contributed by atoms with Gasteiger partial charge in [0.25, 0.3) is 0 Å². The van der Waals surface area contributed by atoms with Crippen molar-refractivity contribution in [1.29, 1.82) is 0 Å². The molecule has 1 atom stereocenters. The van der Waals surface area contributed by atoms with Crippen molar-refractivity contribution < 1.29 is 0 Å². The van der Waals surface area contributed by atoms with Gasteiger partial charge in [0.05, 0.1) is 6.04 Å². The van der Waals surface area contributed by atoms with Crippen LogP contribution in [0.2, 0.25) is 0 Å². The molecule has 1 N–H and O–H groups in total. The summed E-state index contributed by atoms with van der Waals surface area (Å²) in [6.07, 6.45) is 12.9. The van der Waals surface area contributed by atoms with E-state index in [9.17, 15) is 0 Å². The molecule has 0 radical (unpaired) electrons. The topological polar surface area (TPSA) is 98.1 Å². The Morgan fingerprint density at radius 3 is 2.63 bits per heavy atom. The van der Waals surface area contributed by atoms with Crippen LogP contribution in [0.4, 0.5) is 0 Å². The molecule has 4 aromatic rings. The number of rotatable bonds is 9. The highest BCUT2D eigenvalue weighted by molar-refractivity contribution is 5.77. The molecule has 0 bridgehead atoms. The van der Waals surface area contributed by atoms with E-state index >= 15 is 0 Å². The smallest absolute Gasteiger partial charge is 0.198 e. The summed E-state index contributed by atoms with van der Waals surface area (Å²) in [7, 11) is 0. The average molecular weight is 471 g/mol. The summed E-state index contributed by atoms with van der Waals surface area (Å²) >= 11 is 0. The third kappa shape index (κ3) is 5.31. The molecule has 182 valence electrons. The Hall–Kier alpha value is -3.42. The van der Waals surface area contributed by atoms with E-state index in [0.29, 0.717) is 5.82 Å². The minimum atomic E-state index is 0.119. The van der Waals surface area contributed by atoms with Crippen LogP contribution in [0.15, 0.2) is 42.6 Å². The number of tetrazole rings is 1. The fourth-order valence-electron chi connectivity index (χ4n) is 5.19. The van der Waals surface area contributed by atoms with Gasteiger partial charge in [-0.1, -0.05) is 69.4 Å². The molecule has 0 aliphatic heterocycles. The second kappa shape index (κ2) is 10.9. The molecule has 0 saturated heterocycles. The summed E-state index contributed by atoms with van der Waals surface area (Å²) in [6, 6.07) is 12.7. The van der Waals surface area contributed by atoms with Crippen molar-refractivity contribution in [1.82, 2.24) is 40.4 Å². The quantitative estimate of drug-likeness (QED) is 0.342. The number of nitrogens with zero attached hydrogens (tertiary/aromatic N) is 7. The highest BCUT2D eigenvalue weighted by Crippen LogP contribution is 2.30. The van der Waals surface area contributed by atoms with Gasteiger partial charge in [0.1, 0.15) is 11.5 Å². The first kappa shape index (κ1) is 23.3. The van der Waals surface area contributed by atoms with Crippen molar-refractivity contribution in [3.63, 3.8) is 0 Å². The number of aromatic amines is 1. The standard InChI is InChI=1S/C27H34N8/c1-3-8-25-29-24(17-12-20-9-5-4-6-10-20)32-35(25)19(2)21-13-15-22(16-14-21)23-11-7-18-28-26(23)27-30-33-34-31-27/h7,11,13-16,18-20H,3-6,8-10,12,17H2,1-2H3,(H,30,31,33,34). The van der Waals surface area contributed by atoms with Crippen LogP contribution >= 0.6 is 0 Å². The molecule has 1 fully saturated rings. The van der Waals surface area contributed by atoms with Gasteiger partial charge in [0, 0.05) is 24.6 Å². The van der Waals surface area contributed by atoms with Crippen molar-refractivity contribution in [2.24, 2.45) is 5.92 Å². The summed E-state index contributed by atoms with van der Waals surface area (Å²) in [5.74, 6) is 3.50. The molecule has 3 aromatic heterocycles. The van der Waals surface area contributed by atoms with Crippen molar-refractivity contribution in [2.75, 3.05) is 0 Å². The Bertz CT molecular complexity index is 1210. The summed E-state index contributed by atoms with van der Waals surface area (Å²) in [5, 5.41) is 19.2. The Morgan fingerprint density at radius 1 is 1.06 bits per heavy atom. The van der Waals surface area contributed by atoms with Crippen molar-refractivity contribution >= 4 is 0 Å². The van der Waals surface area contributed by atoms with Gasteiger partial charge in [-0.2, -0.15) is 5.10 Å². The fourth-order valence-corrected chi connectivity index (χ4v) is 5.19. The summed E-state index contributed by atoms with van der Waals surface area (Å²) < 4.78 is 2.14. The zero-order valence-corrected chi connectivity index (χ0v) is 20.7. The lowest BCUT2D eigenvalue weighted by atomic mass is 9.86. The normalized spacial score (nSPS) is 15.4. The van der Waals surface area contributed by atoms with Crippen LogP contribution in [-0.2, 0) is 12.8 Å². The van der Waals surface area contributed by atoms with Gasteiger partial charge in [-0.15, -0.1) is 5.10 Å².